The van der Waals surface area contributed by atoms with Crippen molar-refractivity contribution >= 4 is 21.8 Å². The summed E-state index contributed by atoms with van der Waals surface area (Å²) >= 11 is 0. The van der Waals surface area contributed by atoms with Gasteiger partial charge in [0.25, 0.3) is 0 Å². The molecule has 122 valence electrons. The highest BCUT2D eigenvalue weighted by Crippen LogP contribution is 2.30. The largest absolute Gasteiger partial charge is 0.347 e. The average Bonchev–Trinajstić information content (AvgIpc) is 3.17. The summed E-state index contributed by atoms with van der Waals surface area (Å²) in [7, 11) is 0. The highest BCUT2D eigenvalue weighted by atomic mass is 15.1. The maximum atomic E-state index is 4.44. The van der Waals surface area contributed by atoms with Crippen molar-refractivity contribution in [3.63, 3.8) is 0 Å². The number of para-hydroxylation sites is 2. The third kappa shape index (κ3) is 2.41. The molecule has 2 aromatic carbocycles. The van der Waals surface area contributed by atoms with E-state index >= 15 is 0 Å². The van der Waals surface area contributed by atoms with E-state index in [0.29, 0.717) is 11.8 Å². The number of aromatic nitrogens is 3. The van der Waals surface area contributed by atoms with Crippen LogP contribution in [0.3, 0.4) is 0 Å². The fourth-order valence-corrected chi connectivity index (χ4v) is 3.63. The molecule has 4 aromatic rings. The van der Waals surface area contributed by atoms with E-state index in [4.69, 9.17) is 0 Å². The molecule has 0 aliphatic carbocycles. The minimum atomic E-state index is 0.369. The first-order valence-electron chi connectivity index (χ1n) is 8.66. The zero-order valence-corrected chi connectivity index (χ0v) is 14.5. The lowest BCUT2D eigenvalue weighted by molar-refractivity contribution is 0.599. The van der Waals surface area contributed by atoms with Crippen LogP contribution in [0.5, 0.6) is 0 Å². The van der Waals surface area contributed by atoms with Gasteiger partial charge in [0.1, 0.15) is 0 Å². The molecular weight excluding hydrogens is 294 g/mol. The lowest BCUT2D eigenvalue weighted by atomic mass is 10.0. The first-order chi connectivity index (χ1) is 11.6. The van der Waals surface area contributed by atoms with E-state index in [9.17, 15) is 0 Å². The fraction of sp³-hybridized carbons (Fsp3) is 0.286. The zero-order valence-electron chi connectivity index (χ0n) is 14.5. The molecule has 2 aromatic heterocycles. The van der Waals surface area contributed by atoms with E-state index in [1.54, 1.807) is 0 Å². The van der Waals surface area contributed by atoms with Gasteiger partial charge in [0, 0.05) is 40.6 Å². The Kier molecular flexibility index (Phi) is 3.64. The van der Waals surface area contributed by atoms with Crippen molar-refractivity contribution in [2.75, 3.05) is 0 Å². The van der Waals surface area contributed by atoms with Crippen LogP contribution >= 0.6 is 0 Å². The summed E-state index contributed by atoms with van der Waals surface area (Å²) in [4.78, 5) is 0. The van der Waals surface area contributed by atoms with Gasteiger partial charge < -0.3 is 4.57 Å². The van der Waals surface area contributed by atoms with Crippen LogP contribution in [0, 0.1) is 0 Å². The normalized spacial score (nSPS) is 13.2. The van der Waals surface area contributed by atoms with Gasteiger partial charge in [-0.05, 0) is 23.6 Å². The molecule has 0 aliphatic heterocycles. The highest BCUT2D eigenvalue weighted by Gasteiger charge is 2.16. The Morgan fingerprint density at radius 2 is 1.67 bits per heavy atom. The van der Waals surface area contributed by atoms with Gasteiger partial charge in [-0.15, -0.1) is 0 Å². The van der Waals surface area contributed by atoms with Gasteiger partial charge in [-0.2, -0.15) is 5.10 Å². The third-order valence-electron chi connectivity index (χ3n) is 4.90. The van der Waals surface area contributed by atoms with Gasteiger partial charge in [-0.1, -0.05) is 57.2 Å². The number of aromatic amines is 1. The molecule has 2 heterocycles. The topological polar surface area (TPSA) is 33.6 Å². The van der Waals surface area contributed by atoms with E-state index in [-0.39, 0.29) is 0 Å². The fourth-order valence-electron chi connectivity index (χ4n) is 3.63. The Balaban J connectivity index is 1.74. The van der Waals surface area contributed by atoms with Crippen molar-refractivity contribution in [2.24, 2.45) is 0 Å². The molecule has 0 aliphatic rings. The Morgan fingerprint density at radius 1 is 0.958 bits per heavy atom. The van der Waals surface area contributed by atoms with Crippen LogP contribution in [0.4, 0.5) is 0 Å². The molecule has 1 unspecified atom stereocenters. The molecule has 0 radical (unpaired) electrons. The van der Waals surface area contributed by atoms with Gasteiger partial charge >= 0.3 is 0 Å². The molecule has 0 amide bonds. The molecule has 0 saturated heterocycles. The molecule has 1 atom stereocenters. The van der Waals surface area contributed by atoms with E-state index in [1.165, 1.54) is 27.5 Å². The second-order valence-electron chi connectivity index (χ2n) is 6.96. The number of rotatable bonds is 4. The van der Waals surface area contributed by atoms with Crippen LogP contribution in [0.2, 0.25) is 0 Å². The summed E-state index contributed by atoms with van der Waals surface area (Å²) in [6.07, 6.45) is 2.32. The Bertz CT molecular complexity index is 991. The summed E-state index contributed by atoms with van der Waals surface area (Å²) in [5.41, 5.74) is 5.00. The van der Waals surface area contributed by atoms with Crippen LogP contribution in [0.15, 0.2) is 54.7 Å². The monoisotopic (exact) mass is 317 g/mol. The maximum absolute atomic E-state index is 4.44. The molecule has 3 nitrogen and oxygen atoms in total. The maximum Gasteiger partial charge on any atom is 0.0923 e. The van der Waals surface area contributed by atoms with E-state index in [1.807, 2.05) is 6.07 Å². The van der Waals surface area contributed by atoms with Crippen molar-refractivity contribution in [3.8, 4) is 0 Å². The number of nitrogens with one attached hydrogen (secondary N) is 1. The molecule has 0 bridgehead atoms. The lowest BCUT2D eigenvalue weighted by Crippen LogP contribution is -2.06. The first-order valence-corrected chi connectivity index (χ1v) is 8.66. The number of fused-ring (bicyclic) bond motifs is 2. The van der Waals surface area contributed by atoms with E-state index < -0.39 is 0 Å². The zero-order chi connectivity index (χ0) is 16.7. The summed E-state index contributed by atoms with van der Waals surface area (Å²) in [5.74, 6) is 0.896. The van der Waals surface area contributed by atoms with Crippen LogP contribution in [0.25, 0.3) is 21.8 Å². The van der Waals surface area contributed by atoms with Gasteiger partial charge in [-0.3, -0.25) is 5.10 Å². The molecule has 4 rings (SSSR count). The summed E-state index contributed by atoms with van der Waals surface area (Å²) in [6, 6.07) is 17.0. The van der Waals surface area contributed by atoms with Gasteiger partial charge in [0.2, 0.25) is 0 Å². The SMILES string of the molecule is CC(C)c1cn(CC(C)c2[nH]nc3ccccc23)c2ccccc12. The Hall–Kier alpha value is -2.55. The van der Waals surface area contributed by atoms with Gasteiger partial charge in [-0.25, -0.2) is 0 Å². The molecule has 0 fully saturated rings. The predicted octanol–water partition coefficient (Wildman–Crippen LogP) is 5.44. The number of nitrogens with zero attached hydrogens (tertiary/aromatic N) is 2. The second kappa shape index (κ2) is 5.82. The quantitative estimate of drug-likeness (QED) is 0.534. The minimum Gasteiger partial charge on any atom is -0.347 e. The molecular formula is C21H23N3. The Morgan fingerprint density at radius 3 is 2.46 bits per heavy atom. The van der Waals surface area contributed by atoms with E-state index in [2.05, 4.69) is 84.2 Å². The molecule has 3 heteroatoms. The highest BCUT2D eigenvalue weighted by molar-refractivity contribution is 5.85. The number of hydrogen-bond acceptors (Lipinski definition) is 1. The standard InChI is InChI=1S/C21H23N3/c1-14(2)18-13-24(20-11-7-5-8-16(18)20)12-15(3)21-17-9-4-6-10-19(17)22-23-21/h4-11,13-15H,12H2,1-3H3,(H,22,23). The van der Waals surface area contributed by atoms with Crippen molar-refractivity contribution in [1.82, 2.24) is 14.8 Å². The van der Waals surface area contributed by atoms with Crippen molar-refractivity contribution in [2.45, 2.75) is 39.2 Å². The number of benzene rings is 2. The van der Waals surface area contributed by atoms with Crippen molar-refractivity contribution < 1.29 is 0 Å². The molecule has 0 spiro atoms. The lowest BCUT2D eigenvalue weighted by Gasteiger charge is -2.12. The Labute approximate surface area is 142 Å². The predicted molar refractivity (Wildman–Crippen MR) is 101 cm³/mol. The number of H-pyrrole nitrogens is 1. The molecule has 1 N–H and O–H groups in total. The van der Waals surface area contributed by atoms with Crippen molar-refractivity contribution in [1.29, 1.82) is 0 Å². The first kappa shape index (κ1) is 15.0. The molecule has 0 saturated carbocycles. The summed E-state index contributed by atoms with van der Waals surface area (Å²) < 4.78 is 2.39. The minimum absolute atomic E-state index is 0.369. The average molecular weight is 317 g/mol. The smallest absolute Gasteiger partial charge is 0.0923 e. The van der Waals surface area contributed by atoms with Crippen LogP contribution < -0.4 is 0 Å². The second-order valence-corrected chi connectivity index (χ2v) is 6.96. The van der Waals surface area contributed by atoms with Crippen LogP contribution in [-0.4, -0.2) is 14.8 Å². The van der Waals surface area contributed by atoms with Crippen LogP contribution in [0.1, 0.15) is 43.9 Å². The van der Waals surface area contributed by atoms with Gasteiger partial charge in [0.15, 0.2) is 0 Å². The summed E-state index contributed by atoms with van der Waals surface area (Å²) in [6.45, 7) is 7.74. The third-order valence-corrected chi connectivity index (χ3v) is 4.90. The van der Waals surface area contributed by atoms with Gasteiger partial charge in [0.05, 0.1) is 5.52 Å². The van der Waals surface area contributed by atoms with Crippen molar-refractivity contribution in [3.05, 3.63) is 66.0 Å². The number of hydrogen-bond donors (Lipinski definition) is 1. The van der Waals surface area contributed by atoms with Crippen LogP contribution in [-0.2, 0) is 6.54 Å². The molecule has 24 heavy (non-hydrogen) atoms. The van der Waals surface area contributed by atoms with E-state index in [0.717, 1.165) is 12.1 Å². The summed E-state index contributed by atoms with van der Waals surface area (Å²) in [5, 5.41) is 10.3.